The fraction of sp³-hybridized carbons (Fsp3) is 0.0476. The average molecular weight is 363 g/mol. The van der Waals surface area contributed by atoms with Gasteiger partial charge >= 0.3 is 6.18 Å². The summed E-state index contributed by atoms with van der Waals surface area (Å²) in [6.45, 7) is 0. The maximum absolute atomic E-state index is 12.9. The van der Waals surface area contributed by atoms with Gasteiger partial charge in [0.15, 0.2) is 0 Å². The van der Waals surface area contributed by atoms with Crippen molar-refractivity contribution in [2.24, 2.45) is 0 Å². The molecule has 0 radical (unpaired) electrons. The molecule has 1 N–H and O–H groups in total. The van der Waals surface area contributed by atoms with Crippen LogP contribution in [-0.4, -0.2) is 9.97 Å². The lowest BCUT2D eigenvalue weighted by Gasteiger charge is -2.05. The molecule has 0 amide bonds. The number of H-pyrrole nitrogens is 1. The lowest BCUT2D eigenvalue weighted by molar-refractivity contribution is -0.137. The van der Waals surface area contributed by atoms with E-state index in [1.807, 2.05) is 36.4 Å². The third-order valence-corrected chi connectivity index (χ3v) is 4.29. The number of hydrogen-bond donors (Lipinski definition) is 1. The Morgan fingerprint density at radius 2 is 1.59 bits per heavy atom. The van der Waals surface area contributed by atoms with Gasteiger partial charge < -0.3 is 4.98 Å². The third kappa shape index (κ3) is 3.27. The highest BCUT2D eigenvalue weighted by Gasteiger charge is 2.30. The summed E-state index contributed by atoms with van der Waals surface area (Å²) < 4.78 is 38.6. The summed E-state index contributed by atoms with van der Waals surface area (Å²) >= 11 is 0. The molecule has 0 aliphatic carbocycles. The van der Waals surface area contributed by atoms with Crippen LogP contribution in [0.3, 0.4) is 0 Å². The number of alkyl halides is 3. The maximum atomic E-state index is 12.9. The number of aromatic nitrogens is 2. The summed E-state index contributed by atoms with van der Waals surface area (Å²) in [5.41, 5.74) is 3.30. The molecule has 6 heteroatoms. The summed E-state index contributed by atoms with van der Waals surface area (Å²) in [4.78, 5) is 7.32. The summed E-state index contributed by atoms with van der Waals surface area (Å²) in [5.74, 6) is 0.502. The highest BCUT2D eigenvalue weighted by atomic mass is 19.4. The van der Waals surface area contributed by atoms with Gasteiger partial charge in [0, 0.05) is 5.56 Å². The zero-order valence-electron chi connectivity index (χ0n) is 13.9. The number of benzene rings is 3. The van der Waals surface area contributed by atoms with Gasteiger partial charge in [-0.3, -0.25) is 0 Å². The molecular weight excluding hydrogens is 351 g/mol. The van der Waals surface area contributed by atoms with Gasteiger partial charge in [0.1, 0.15) is 5.82 Å². The molecule has 0 fully saturated rings. The number of aromatic amines is 1. The average Bonchev–Trinajstić information content (AvgIpc) is 3.11. The van der Waals surface area contributed by atoms with E-state index in [-0.39, 0.29) is 0 Å². The molecule has 0 aliphatic heterocycles. The minimum Gasteiger partial charge on any atom is -0.338 e. The van der Waals surface area contributed by atoms with Crippen LogP contribution in [0.2, 0.25) is 0 Å². The molecule has 0 bridgehead atoms. The van der Waals surface area contributed by atoms with Gasteiger partial charge in [0.05, 0.1) is 28.2 Å². The van der Waals surface area contributed by atoms with Crippen molar-refractivity contribution in [3.05, 3.63) is 77.9 Å². The van der Waals surface area contributed by atoms with Gasteiger partial charge in [-0.1, -0.05) is 36.4 Å². The van der Waals surface area contributed by atoms with E-state index in [2.05, 4.69) is 16.0 Å². The van der Waals surface area contributed by atoms with Crippen molar-refractivity contribution in [2.75, 3.05) is 0 Å². The highest BCUT2D eigenvalue weighted by Crippen LogP contribution is 2.32. The van der Waals surface area contributed by atoms with Gasteiger partial charge in [-0.2, -0.15) is 18.4 Å². The molecule has 27 heavy (non-hydrogen) atoms. The Morgan fingerprint density at radius 1 is 0.852 bits per heavy atom. The summed E-state index contributed by atoms with van der Waals surface area (Å²) in [5, 5.41) is 9.01. The van der Waals surface area contributed by atoms with Crippen LogP contribution >= 0.6 is 0 Å². The van der Waals surface area contributed by atoms with Crippen LogP contribution in [0.15, 0.2) is 66.7 Å². The number of nitrogens with zero attached hydrogens (tertiary/aromatic N) is 2. The van der Waals surface area contributed by atoms with E-state index in [1.165, 1.54) is 6.07 Å². The zero-order chi connectivity index (χ0) is 19.0. The lowest BCUT2D eigenvalue weighted by atomic mass is 10.0. The Hall–Kier alpha value is -3.59. The van der Waals surface area contributed by atoms with Gasteiger partial charge in [0.25, 0.3) is 0 Å². The molecule has 132 valence electrons. The highest BCUT2D eigenvalue weighted by molar-refractivity contribution is 5.80. The predicted molar refractivity (Wildman–Crippen MR) is 96.7 cm³/mol. The first-order valence-electron chi connectivity index (χ1n) is 8.12. The molecule has 3 aromatic carbocycles. The smallest absolute Gasteiger partial charge is 0.338 e. The Kier molecular flexibility index (Phi) is 3.93. The second-order valence-corrected chi connectivity index (χ2v) is 6.09. The van der Waals surface area contributed by atoms with E-state index < -0.39 is 11.7 Å². The van der Waals surface area contributed by atoms with Crippen LogP contribution in [0.1, 0.15) is 11.1 Å². The van der Waals surface area contributed by atoms with Gasteiger partial charge in [-0.15, -0.1) is 0 Å². The van der Waals surface area contributed by atoms with Crippen molar-refractivity contribution >= 4 is 11.0 Å². The van der Waals surface area contributed by atoms with Crippen molar-refractivity contribution in [1.29, 1.82) is 5.26 Å². The molecule has 0 saturated carbocycles. The van der Waals surface area contributed by atoms with E-state index in [4.69, 9.17) is 5.26 Å². The van der Waals surface area contributed by atoms with Crippen molar-refractivity contribution < 1.29 is 13.2 Å². The zero-order valence-corrected chi connectivity index (χ0v) is 13.9. The SMILES string of the molecule is N#Cc1cccc(-c2ccc(-c3nc4ccc(C(F)(F)F)cc4[nH]3)cc2)c1. The lowest BCUT2D eigenvalue weighted by Crippen LogP contribution is -2.04. The fourth-order valence-corrected chi connectivity index (χ4v) is 2.91. The van der Waals surface area contributed by atoms with Crippen LogP contribution in [0, 0.1) is 11.3 Å². The minimum absolute atomic E-state index is 0.339. The van der Waals surface area contributed by atoms with Crippen molar-refractivity contribution in [2.45, 2.75) is 6.18 Å². The number of hydrogen-bond acceptors (Lipinski definition) is 2. The number of nitriles is 1. The Labute approximate surface area is 152 Å². The summed E-state index contributed by atoms with van der Waals surface area (Å²) in [7, 11) is 0. The standard InChI is InChI=1S/C21H12F3N3/c22-21(23,24)17-8-9-18-19(11-17)27-20(26-18)15-6-4-14(5-7-15)16-3-1-2-13(10-16)12-25/h1-11H,(H,26,27). The number of nitrogens with one attached hydrogen (secondary N) is 1. The van der Waals surface area contributed by atoms with Crippen LogP contribution in [0.5, 0.6) is 0 Å². The van der Waals surface area contributed by atoms with Crippen LogP contribution in [-0.2, 0) is 6.18 Å². The Balaban J connectivity index is 1.68. The van der Waals surface area contributed by atoms with Gasteiger partial charge in [-0.25, -0.2) is 4.98 Å². The van der Waals surface area contributed by atoms with Crippen LogP contribution < -0.4 is 0 Å². The minimum atomic E-state index is -4.39. The van der Waals surface area contributed by atoms with Crippen molar-refractivity contribution in [3.63, 3.8) is 0 Å². The number of imidazole rings is 1. The number of halogens is 3. The normalized spacial score (nSPS) is 11.5. The molecule has 0 aliphatic rings. The Bertz CT molecular complexity index is 1170. The topological polar surface area (TPSA) is 52.5 Å². The second-order valence-electron chi connectivity index (χ2n) is 6.09. The van der Waals surface area contributed by atoms with Crippen LogP contribution in [0.4, 0.5) is 13.2 Å². The molecule has 4 aromatic rings. The van der Waals surface area contributed by atoms with E-state index in [0.717, 1.165) is 28.8 Å². The molecule has 1 heterocycles. The van der Waals surface area contributed by atoms with Crippen molar-refractivity contribution in [3.8, 4) is 28.6 Å². The van der Waals surface area contributed by atoms with E-state index in [1.54, 1.807) is 12.1 Å². The number of fused-ring (bicyclic) bond motifs is 1. The van der Waals surface area contributed by atoms with Gasteiger partial charge in [-0.05, 0) is 41.5 Å². The molecule has 1 aromatic heterocycles. The molecule has 3 nitrogen and oxygen atoms in total. The molecule has 0 unspecified atom stereocenters. The van der Waals surface area contributed by atoms with E-state index in [9.17, 15) is 13.2 Å². The van der Waals surface area contributed by atoms with Crippen molar-refractivity contribution in [1.82, 2.24) is 9.97 Å². The first-order chi connectivity index (χ1) is 12.9. The second kappa shape index (κ2) is 6.29. The predicted octanol–water partition coefficient (Wildman–Crippen LogP) is 5.79. The molecule has 0 saturated heterocycles. The molecule has 4 rings (SSSR count). The van der Waals surface area contributed by atoms with E-state index in [0.29, 0.717) is 22.4 Å². The molecular formula is C21H12F3N3. The largest absolute Gasteiger partial charge is 0.416 e. The summed E-state index contributed by atoms with van der Waals surface area (Å²) in [6.07, 6.45) is -4.39. The summed E-state index contributed by atoms with van der Waals surface area (Å²) in [6, 6.07) is 20.3. The first-order valence-corrected chi connectivity index (χ1v) is 8.12. The number of rotatable bonds is 2. The first kappa shape index (κ1) is 16.9. The maximum Gasteiger partial charge on any atom is 0.416 e. The van der Waals surface area contributed by atoms with Gasteiger partial charge in [0.2, 0.25) is 0 Å². The molecule has 0 spiro atoms. The third-order valence-electron chi connectivity index (χ3n) is 4.29. The fourth-order valence-electron chi connectivity index (χ4n) is 2.91. The van der Waals surface area contributed by atoms with Crippen LogP contribution in [0.25, 0.3) is 33.5 Å². The monoisotopic (exact) mass is 363 g/mol. The Morgan fingerprint density at radius 3 is 2.30 bits per heavy atom. The van der Waals surface area contributed by atoms with E-state index >= 15 is 0 Å². The quantitative estimate of drug-likeness (QED) is 0.490. The molecule has 0 atom stereocenters.